The van der Waals surface area contributed by atoms with E-state index < -0.39 is 11.6 Å². The van der Waals surface area contributed by atoms with Crippen LogP contribution in [0.3, 0.4) is 0 Å². The van der Waals surface area contributed by atoms with Gasteiger partial charge in [-0.15, -0.1) is 0 Å². The lowest BCUT2D eigenvalue weighted by Crippen LogP contribution is -2.47. The van der Waals surface area contributed by atoms with Crippen LogP contribution in [0.4, 0.5) is 10.7 Å². The first-order valence-corrected chi connectivity index (χ1v) is 11.4. The van der Waals surface area contributed by atoms with Gasteiger partial charge < -0.3 is 25.5 Å². The summed E-state index contributed by atoms with van der Waals surface area (Å²) in [6.45, 7) is 7.33. The second-order valence-electron chi connectivity index (χ2n) is 9.72. The van der Waals surface area contributed by atoms with Gasteiger partial charge >= 0.3 is 6.03 Å². The van der Waals surface area contributed by atoms with Crippen molar-refractivity contribution in [2.24, 2.45) is 11.8 Å². The van der Waals surface area contributed by atoms with Crippen LogP contribution in [0.2, 0.25) is 0 Å². The molecule has 9 nitrogen and oxygen atoms in total. The quantitative estimate of drug-likeness (QED) is 0.599. The molecule has 3 heterocycles. The van der Waals surface area contributed by atoms with Gasteiger partial charge in [0.05, 0.1) is 30.4 Å². The Balaban J connectivity index is 0.00000274. The third-order valence-electron chi connectivity index (χ3n) is 7.37. The Kier molecular flexibility index (Phi) is 6.48. The minimum Gasteiger partial charge on any atom is -0.394 e. The maximum absolute atomic E-state index is 13.2. The highest BCUT2D eigenvalue weighted by Crippen LogP contribution is 2.47. The van der Waals surface area contributed by atoms with Crippen LogP contribution in [0.15, 0.2) is 36.5 Å². The maximum Gasteiger partial charge on any atom is 0.319 e. The standard InChI is InChI=1S/C24H30N6O3.H2S/c1-14(32)29-10-16-17(11-29)21(16)28-22-25-9-18-19(26-22)12-30(24(18,2)3)23(33)27-20(13-31)15-7-5-4-6-8-15;/h4-9,16-17,20-21,31H,10-13H2,1-3H3,(H,27,33)(H,25,26,28);1H2/t16?,17?,20-,21?;/m1./s1. The van der Waals surface area contributed by atoms with Gasteiger partial charge in [0, 0.05) is 49.7 Å². The molecule has 182 valence electrons. The van der Waals surface area contributed by atoms with Crippen molar-refractivity contribution < 1.29 is 14.7 Å². The molecule has 5 rings (SSSR count). The molecule has 2 unspecified atom stereocenters. The number of carbonyl (C=O) groups excluding carboxylic acids is 2. The van der Waals surface area contributed by atoms with Gasteiger partial charge in [0.2, 0.25) is 11.9 Å². The van der Waals surface area contributed by atoms with Crippen molar-refractivity contribution in [2.45, 2.75) is 44.9 Å². The van der Waals surface area contributed by atoms with Gasteiger partial charge in [0.1, 0.15) is 0 Å². The smallest absolute Gasteiger partial charge is 0.319 e. The Bertz CT molecular complexity index is 1070. The zero-order valence-electron chi connectivity index (χ0n) is 19.7. The summed E-state index contributed by atoms with van der Waals surface area (Å²) in [5, 5.41) is 16.2. The van der Waals surface area contributed by atoms with E-state index in [0.717, 1.165) is 29.9 Å². The van der Waals surface area contributed by atoms with Crippen LogP contribution in [0.5, 0.6) is 0 Å². The molecule has 2 fully saturated rings. The number of rotatable bonds is 5. The number of benzene rings is 1. The van der Waals surface area contributed by atoms with Crippen LogP contribution in [0.1, 0.15) is 43.6 Å². The van der Waals surface area contributed by atoms with Crippen molar-refractivity contribution >= 4 is 31.4 Å². The van der Waals surface area contributed by atoms with Crippen molar-refractivity contribution in [2.75, 3.05) is 25.0 Å². The highest BCUT2D eigenvalue weighted by molar-refractivity contribution is 7.59. The number of urea groups is 1. The number of aliphatic hydroxyl groups excluding tert-OH is 1. The van der Waals surface area contributed by atoms with Gasteiger partial charge in [0.15, 0.2) is 0 Å². The Hall–Kier alpha value is -2.85. The van der Waals surface area contributed by atoms with Gasteiger partial charge in [-0.1, -0.05) is 30.3 Å². The fourth-order valence-electron chi connectivity index (χ4n) is 5.23. The van der Waals surface area contributed by atoms with Crippen LogP contribution in [0.25, 0.3) is 0 Å². The van der Waals surface area contributed by atoms with E-state index in [-0.39, 0.29) is 32.0 Å². The highest BCUT2D eigenvalue weighted by Gasteiger charge is 2.56. The molecule has 3 amide bonds. The number of anilines is 1. The minimum atomic E-state index is -0.577. The normalized spacial score (nSPS) is 24.5. The molecule has 0 bridgehead atoms. The van der Waals surface area contributed by atoms with E-state index in [1.54, 1.807) is 18.0 Å². The largest absolute Gasteiger partial charge is 0.394 e. The van der Waals surface area contributed by atoms with Gasteiger partial charge in [-0.3, -0.25) is 4.79 Å². The Labute approximate surface area is 206 Å². The second-order valence-corrected chi connectivity index (χ2v) is 9.72. The van der Waals surface area contributed by atoms with Crippen molar-refractivity contribution in [3.05, 3.63) is 53.3 Å². The number of hydrogen-bond acceptors (Lipinski definition) is 6. The number of nitrogens with one attached hydrogen (secondary N) is 2. The zero-order chi connectivity index (χ0) is 23.3. The van der Waals surface area contributed by atoms with E-state index in [0.29, 0.717) is 30.4 Å². The van der Waals surface area contributed by atoms with Crippen molar-refractivity contribution in [1.82, 2.24) is 25.1 Å². The summed E-state index contributed by atoms with van der Waals surface area (Å²) < 4.78 is 0. The fourth-order valence-corrected chi connectivity index (χ4v) is 5.23. The minimum absolute atomic E-state index is 0. The average molecular weight is 485 g/mol. The number of piperidine rings is 1. The zero-order valence-corrected chi connectivity index (χ0v) is 20.7. The molecule has 1 aromatic heterocycles. The Morgan fingerprint density at radius 2 is 1.88 bits per heavy atom. The van der Waals surface area contributed by atoms with E-state index in [9.17, 15) is 14.7 Å². The molecule has 0 radical (unpaired) electrons. The molecule has 1 aromatic carbocycles. The second kappa shape index (κ2) is 9.07. The number of hydrogen-bond donors (Lipinski definition) is 3. The number of nitrogens with zero attached hydrogens (tertiary/aromatic N) is 4. The summed E-state index contributed by atoms with van der Waals surface area (Å²) in [4.78, 5) is 37.6. The van der Waals surface area contributed by atoms with Crippen molar-refractivity contribution in [1.29, 1.82) is 0 Å². The lowest BCUT2D eigenvalue weighted by molar-refractivity contribution is -0.128. The lowest BCUT2D eigenvalue weighted by Gasteiger charge is -2.33. The molecule has 2 aromatic rings. The number of likely N-dealkylation sites (tertiary alicyclic amines) is 1. The van der Waals surface area contributed by atoms with E-state index in [2.05, 4.69) is 15.6 Å². The third kappa shape index (κ3) is 4.20. The molecule has 1 saturated heterocycles. The molecule has 0 spiro atoms. The van der Waals surface area contributed by atoms with Crippen LogP contribution in [0, 0.1) is 11.8 Å². The first-order valence-electron chi connectivity index (χ1n) is 11.4. The van der Waals surface area contributed by atoms with Gasteiger partial charge in [-0.25, -0.2) is 14.8 Å². The summed E-state index contributed by atoms with van der Waals surface area (Å²) in [5.74, 6) is 1.61. The molecule has 10 heteroatoms. The van der Waals surface area contributed by atoms with Crippen LogP contribution >= 0.6 is 13.5 Å². The maximum atomic E-state index is 13.2. The third-order valence-corrected chi connectivity index (χ3v) is 7.37. The van der Waals surface area contributed by atoms with Crippen molar-refractivity contribution in [3.8, 4) is 0 Å². The molecule has 34 heavy (non-hydrogen) atoms. The van der Waals surface area contributed by atoms with E-state index in [4.69, 9.17) is 4.98 Å². The molecule has 1 saturated carbocycles. The predicted octanol–water partition coefficient (Wildman–Crippen LogP) is 1.97. The molecular formula is C24H32N6O3S. The van der Waals surface area contributed by atoms with Gasteiger partial charge in [0.25, 0.3) is 0 Å². The molecular weight excluding hydrogens is 452 g/mol. The first kappa shape index (κ1) is 24.3. The van der Waals surface area contributed by atoms with Gasteiger partial charge in [-0.05, 0) is 19.4 Å². The number of amides is 3. The summed E-state index contributed by atoms with van der Waals surface area (Å²) in [6.07, 6.45) is 1.80. The topological polar surface area (TPSA) is 111 Å². The fraction of sp³-hybridized carbons (Fsp3) is 0.500. The number of carbonyl (C=O) groups is 2. The summed E-state index contributed by atoms with van der Waals surface area (Å²) in [7, 11) is 0. The molecule has 3 atom stereocenters. The Morgan fingerprint density at radius 3 is 2.50 bits per heavy atom. The van der Waals surface area contributed by atoms with E-state index in [1.165, 1.54) is 0 Å². The average Bonchev–Trinajstić information content (AvgIpc) is 3.12. The number of aliphatic hydroxyl groups is 1. The van der Waals surface area contributed by atoms with E-state index >= 15 is 0 Å². The SMILES string of the molecule is CC(=O)N1CC2C(C1)C2Nc1ncc2c(n1)CN(C(=O)N[C@H](CO)c1ccccc1)C2(C)C.S. The van der Waals surface area contributed by atoms with Crippen LogP contribution < -0.4 is 10.6 Å². The lowest BCUT2D eigenvalue weighted by atomic mass is 9.97. The van der Waals surface area contributed by atoms with Crippen LogP contribution in [-0.2, 0) is 16.9 Å². The predicted molar refractivity (Wildman–Crippen MR) is 132 cm³/mol. The highest BCUT2D eigenvalue weighted by atomic mass is 32.1. The molecule has 1 aliphatic carbocycles. The van der Waals surface area contributed by atoms with E-state index in [1.807, 2.05) is 49.1 Å². The van der Waals surface area contributed by atoms with Crippen LogP contribution in [-0.4, -0.2) is 62.6 Å². The number of fused-ring (bicyclic) bond motifs is 2. The first-order chi connectivity index (χ1) is 15.8. The van der Waals surface area contributed by atoms with Gasteiger partial charge in [-0.2, -0.15) is 13.5 Å². The molecule has 3 aliphatic rings. The molecule has 2 aliphatic heterocycles. The summed E-state index contributed by atoms with van der Waals surface area (Å²) >= 11 is 0. The monoisotopic (exact) mass is 484 g/mol. The van der Waals surface area contributed by atoms with Crippen molar-refractivity contribution in [3.63, 3.8) is 0 Å². The summed E-state index contributed by atoms with van der Waals surface area (Å²) in [5.41, 5.74) is 2.02. The molecule has 3 N–H and O–H groups in total. The number of aromatic nitrogens is 2. The Morgan fingerprint density at radius 1 is 1.21 bits per heavy atom. The summed E-state index contributed by atoms with van der Waals surface area (Å²) in [6, 6.07) is 9.00.